The third-order valence-corrected chi connectivity index (χ3v) is 5.80. The first-order chi connectivity index (χ1) is 14.0. The van der Waals surface area contributed by atoms with Crippen LogP contribution in [0.15, 0.2) is 35.6 Å². The number of piperidine rings is 1. The molecule has 1 saturated heterocycles. The quantitative estimate of drug-likeness (QED) is 0.406. The van der Waals surface area contributed by atoms with Crippen LogP contribution >= 0.6 is 11.8 Å². The lowest BCUT2D eigenvalue weighted by molar-refractivity contribution is -0.137. The lowest BCUT2D eigenvalue weighted by atomic mass is 9.90. The molecule has 1 aliphatic heterocycles. The fourth-order valence-electron chi connectivity index (χ4n) is 3.44. The topological polar surface area (TPSA) is 72.4 Å². The number of carbonyl (C=O) groups is 2. The number of likely N-dealkylation sites (tertiary alicyclic amines) is 1. The lowest BCUT2D eigenvalue weighted by Crippen LogP contribution is -2.39. The number of methoxy groups -OCH3 is 1. The molecule has 0 N–H and O–H groups in total. The molecule has 154 valence electrons. The van der Waals surface area contributed by atoms with Crippen molar-refractivity contribution < 1.29 is 18.7 Å². The first-order valence-electron chi connectivity index (χ1n) is 9.62. The third kappa shape index (κ3) is 5.32. The van der Waals surface area contributed by atoms with Crippen LogP contribution in [0.1, 0.15) is 37.8 Å². The minimum Gasteiger partial charge on any atom is -0.468 e. The van der Waals surface area contributed by atoms with Crippen molar-refractivity contribution >= 4 is 23.6 Å². The number of ether oxygens (including phenoxy) is 1. The second-order valence-corrected chi connectivity index (χ2v) is 7.80. The summed E-state index contributed by atoms with van der Waals surface area (Å²) in [4.78, 5) is 34.7. The molecule has 8 heteroatoms. The zero-order valence-electron chi connectivity index (χ0n) is 16.6. The van der Waals surface area contributed by atoms with E-state index in [0.717, 1.165) is 36.2 Å². The van der Waals surface area contributed by atoms with Crippen molar-refractivity contribution in [2.45, 2.75) is 37.3 Å². The SMILES string of the molecule is CCC(=O)N1CCC[C@H](c2nc(SCC(=O)OC)ncc2-c2ccc(F)cc2)C1. The number of hydrogen-bond donors (Lipinski definition) is 0. The van der Waals surface area contributed by atoms with Gasteiger partial charge in [-0.15, -0.1) is 0 Å². The zero-order chi connectivity index (χ0) is 20.8. The molecule has 1 fully saturated rings. The molecule has 2 aromatic rings. The Hall–Kier alpha value is -2.48. The number of carbonyl (C=O) groups excluding carboxylic acids is 2. The van der Waals surface area contributed by atoms with Gasteiger partial charge in [-0.3, -0.25) is 9.59 Å². The second-order valence-electron chi connectivity index (χ2n) is 6.86. The minimum absolute atomic E-state index is 0.0554. The average Bonchev–Trinajstić information content (AvgIpc) is 2.77. The van der Waals surface area contributed by atoms with Crippen molar-refractivity contribution in [1.82, 2.24) is 14.9 Å². The molecule has 29 heavy (non-hydrogen) atoms. The summed E-state index contributed by atoms with van der Waals surface area (Å²) in [5.74, 6) is -0.345. The molecular weight excluding hydrogens is 393 g/mol. The van der Waals surface area contributed by atoms with E-state index < -0.39 is 0 Å². The number of nitrogens with zero attached hydrogens (tertiary/aromatic N) is 3. The van der Waals surface area contributed by atoms with E-state index in [1.54, 1.807) is 18.3 Å². The van der Waals surface area contributed by atoms with Crippen molar-refractivity contribution in [1.29, 1.82) is 0 Å². The summed E-state index contributed by atoms with van der Waals surface area (Å²) < 4.78 is 18.1. The Morgan fingerprint density at radius 1 is 1.31 bits per heavy atom. The molecule has 1 aliphatic rings. The number of halogens is 1. The van der Waals surface area contributed by atoms with Gasteiger partial charge in [0.2, 0.25) is 5.91 Å². The van der Waals surface area contributed by atoms with Crippen LogP contribution < -0.4 is 0 Å². The van der Waals surface area contributed by atoms with Gasteiger partial charge in [0.15, 0.2) is 5.16 Å². The lowest BCUT2D eigenvalue weighted by Gasteiger charge is -2.33. The summed E-state index contributed by atoms with van der Waals surface area (Å²) in [7, 11) is 1.34. The van der Waals surface area contributed by atoms with Gasteiger partial charge in [0, 0.05) is 37.2 Å². The van der Waals surface area contributed by atoms with E-state index in [1.165, 1.54) is 31.0 Å². The molecule has 2 heterocycles. The standard InChI is InChI=1S/C21H24FN3O3S/c1-3-18(26)25-10-4-5-15(12-25)20-17(14-6-8-16(22)9-7-14)11-23-21(24-20)29-13-19(27)28-2/h6-9,11,15H,3-5,10,12-13H2,1-2H3/t15-/m0/s1. The highest BCUT2D eigenvalue weighted by Gasteiger charge is 2.27. The first-order valence-corrected chi connectivity index (χ1v) is 10.6. The summed E-state index contributed by atoms with van der Waals surface area (Å²) in [6.45, 7) is 3.21. The Kier molecular flexibility index (Phi) is 7.19. The van der Waals surface area contributed by atoms with Crippen LogP contribution in [0.5, 0.6) is 0 Å². The number of hydrogen-bond acceptors (Lipinski definition) is 6. The fourth-order valence-corrected chi connectivity index (χ4v) is 4.10. The van der Waals surface area contributed by atoms with Gasteiger partial charge in [0.25, 0.3) is 0 Å². The van der Waals surface area contributed by atoms with Crippen LogP contribution in [-0.4, -0.2) is 52.7 Å². The number of rotatable bonds is 6. The van der Waals surface area contributed by atoms with Gasteiger partial charge >= 0.3 is 5.97 Å². The molecule has 0 aliphatic carbocycles. The van der Waals surface area contributed by atoms with Crippen molar-refractivity contribution in [3.8, 4) is 11.1 Å². The highest BCUT2D eigenvalue weighted by atomic mass is 32.2. The maximum Gasteiger partial charge on any atom is 0.316 e. The monoisotopic (exact) mass is 417 g/mol. The molecule has 0 radical (unpaired) electrons. The normalized spacial score (nSPS) is 16.5. The van der Waals surface area contributed by atoms with E-state index in [0.29, 0.717) is 18.1 Å². The van der Waals surface area contributed by atoms with Gasteiger partial charge in [-0.1, -0.05) is 30.8 Å². The van der Waals surface area contributed by atoms with E-state index in [2.05, 4.69) is 9.72 Å². The van der Waals surface area contributed by atoms with Crippen LogP contribution in [0.3, 0.4) is 0 Å². The van der Waals surface area contributed by atoms with Crippen molar-refractivity contribution in [2.24, 2.45) is 0 Å². The maximum absolute atomic E-state index is 13.4. The molecular formula is C21H24FN3O3S. The molecule has 0 unspecified atom stereocenters. The minimum atomic E-state index is -0.347. The van der Waals surface area contributed by atoms with Gasteiger partial charge in [-0.05, 0) is 30.5 Å². The van der Waals surface area contributed by atoms with Gasteiger partial charge < -0.3 is 9.64 Å². The summed E-state index contributed by atoms with van der Waals surface area (Å²) in [5.41, 5.74) is 2.47. The van der Waals surface area contributed by atoms with E-state index in [4.69, 9.17) is 4.98 Å². The fraction of sp³-hybridized carbons (Fsp3) is 0.429. The molecule has 1 amide bonds. The van der Waals surface area contributed by atoms with Crippen LogP contribution in [0, 0.1) is 5.82 Å². The molecule has 0 saturated carbocycles. The van der Waals surface area contributed by atoms with Crippen LogP contribution in [0.2, 0.25) is 0 Å². The molecule has 1 aromatic heterocycles. The number of amides is 1. The maximum atomic E-state index is 13.4. The number of esters is 1. The van der Waals surface area contributed by atoms with E-state index in [-0.39, 0.29) is 29.4 Å². The summed E-state index contributed by atoms with van der Waals surface area (Å²) in [6.07, 6.45) is 3.99. The Balaban J connectivity index is 1.94. The summed E-state index contributed by atoms with van der Waals surface area (Å²) in [6, 6.07) is 6.23. The number of thioether (sulfide) groups is 1. The van der Waals surface area contributed by atoms with Crippen LogP contribution in [0.4, 0.5) is 4.39 Å². The smallest absolute Gasteiger partial charge is 0.316 e. The summed E-state index contributed by atoms with van der Waals surface area (Å²) in [5, 5.41) is 0.482. The van der Waals surface area contributed by atoms with E-state index in [1.807, 2.05) is 11.8 Å². The molecule has 0 spiro atoms. The predicted molar refractivity (Wildman–Crippen MR) is 109 cm³/mol. The van der Waals surface area contributed by atoms with Crippen LogP contribution in [-0.2, 0) is 14.3 Å². The summed E-state index contributed by atoms with van der Waals surface area (Å²) >= 11 is 1.21. The van der Waals surface area contributed by atoms with Gasteiger partial charge in [0.05, 0.1) is 18.6 Å². The molecule has 1 aromatic carbocycles. The zero-order valence-corrected chi connectivity index (χ0v) is 17.4. The largest absolute Gasteiger partial charge is 0.468 e. The average molecular weight is 418 g/mol. The van der Waals surface area contributed by atoms with E-state index in [9.17, 15) is 14.0 Å². The Morgan fingerprint density at radius 3 is 2.76 bits per heavy atom. The van der Waals surface area contributed by atoms with Gasteiger partial charge in [0.1, 0.15) is 5.82 Å². The molecule has 0 bridgehead atoms. The highest BCUT2D eigenvalue weighted by molar-refractivity contribution is 7.99. The molecule has 6 nitrogen and oxygen atoms in total. The van der Waals surface area contributed by atoms with E-state index >= 15 is 0 Å². The van der Waals surface area contributed by atoms with Crippen molar-refractivity contribution in [2.75, 3.05) is 26.0 Å². The molecule has 1 atom stereocenters. The second kappa shape index (κ2) is 9.82. The number of aromatic nitrogens is 2. The molecule has 3 rings (SSSR count). The van der Waals surface area contributed by atoms with Gasteiger partial charge in [-0.2, -0.15) is 0 Å². The Morgan fingerprint density at radius 2 is 2.07 bits per heavy atom. The van der Waals surface area contributed by atoms with Gasteiger partial charge in [-0.25, -0.2) is 14.4 Å². The first kappa shape index (κ1) is 21.2. The Labute approximate surface area is 173 Å². The third-order valence-electron chi connectivity index (χ3n) is 4.96. The van der Waals surface area contributed by atoms with Crippen molar-refractivity contribution in [3.63, 3.8) is 0 Å². The van der Waals surface area contributed by atoms with Crippen molar-refractivity contribution in [3.05, 3.63) is 42.0 Å². The Bertz CT molecular complexity index is 876. The highest BCUT2D eigenvalue weighted by Crippen LogP contribution is 2.34. The number of benzene rings is 1. The predicted octanol–water partition coefficient (Wildman–Crippen LogP) is 3.66. The van der Waals surface area contributed by atoms with Crippen LogP contribution in [0.25, 0.3) is 11.1 Å².